The number of nitrogens with two attached hydrogens (primary N) is 1. The van der Waals surface area contributed by atoms with E-state index in [1.165, 1.54) is 5.56 Å². The van der Waals surface area contributed by atoms with Crippen LogP contribution in [0.3, 0.4) is 0 Å². The molecule has 0 fully saturated rings. The van der Waals surface area contributed by atoms with Gasteiger partial charge in [-0.3, -0.25) is 11.3 Å². The Kier molecular flexibility index (Phi) is 3.73. The molecule has 3 heteroatoms. The maximum atomic E-state index is 8.84. The molecule has 1 rings (SSSR count). The number of benzene rings is 1. The minimum absolute atomic E-state index is 0.0487. The molecule has 0 heterocycles. The van der Waals surface area contributed by atoms with Crippen LogP contribution in [0.15, 0.2) is 30.3 Å². The largest absolute Gasteiger partial charge is 0.395 e. The molecule has 1 atom stereocenters. The molecular formula is C9H14N2O. The highest BCUT2D eigenvalue weighted by Crippen LogP contribution is 2.01. The second-order valence-electron chi connectivity index (χ2n) is 2.74. The molecule has 0 unspecified atom stereocenters. The molecular weight excluding hydrogens is 152 g/mol. The zero-order valence-electron chi connectivity index (χ0n) is 6.90. The Bertz CT molecular complexity index is 209. The van der Waals surface area contributed by atoms with Crippen LogP contribution in [0.25, 0.3) is 0 Å². The summed E-state index contributed by atoms with van der Waals surface area (Å²) in [4.78, 5) is 0. The Morgan fingerprint density at radius 1 is 1.33 bits per heavy atom. The highest BCUT2D eigenvalue weighted by molar-refractivity contribution is 5.15. The Morgan fingerprint density at radius 2 is 2.00 bits per heavy atom. The van der Waals surface area contributed by atoms with Crippen LogP contribution in [0.5, 0.6) is 0 Å². The third-order valence-electron chi connectivity index (χ3n) is 1.78. The average molecular weight is 166 g/mol. The van der Waals surface area contributed by atoms with Crippen molar-refractivity contribution in [3.8, 4) is 0 Å². The third-order valence-corrected chi connectivity index (χ3v) is 1.78. The number of nitrogens with one attached hydrogen (secondary N) is 1. The second kappa shape index (κ2) is 4.87. The normalized spacial score (nSPS) is 12.8. The molecule has 12 heavy (non-hydrogen) atoms. The molecule has 0 saturated carbocycles. The van der Waals surface area contributed by atoms with Crippen molar-refractivity contribution in [1.29, 1.82) is 0 Å². The summed E-state index contributed by atoms with van der Waals surface area (Å²) in [5, 5.41) is 8.84. The van der Waals surface area contributed by atoms with Gasteiger partial charge in [-0.05, 0) is 12.0 Å². The lowest BCUT2D eigenvalue weighted by molar-refractivity contribution is 0.243. The van der Waals surface area contributed by atoms with E-state index in [-0.39, 0.29) is 12.6 Å². The highest BCUT2D eigenvalue weighted by atomic mass is 16.3. The second-order valence-corrected chi connectivity index (χ2v) is 2.74. The van der Waals surface area contributed by atoms with Crippen LogP contribution in [-0.2, 0) is 6.42 Å². The molecule has 0 aliphatic heterocycles. The third kappa shape index (κ3) is 2.62. The fourth-order valence-electron chi connectivity index (χ4n) is 1.07. The lowest BCUT2D eigenvalue weighted by atomic mass is 10.1. The fourth-order valence-corrected chi connectivity index (χ4v) is 1.07. The Morgan fingerprint density at radius 3 is 2.50 bits per heavy atom. The van der Waals surface area contributed by atoms with E-state index in [9.17, 15) is 0 Å². The van der Waals surface area contributed by atoms with Crippen LogP contribution < -0.4 is 11.3 Å². The first-order valence-corrected chi connectivity index (χ1v) is 3.97. The number of hydrogen-bond acceptors (Lipinski definition) is 3. The van der Waals surface area contributed by atoms with E-state index >= 15 is 0 Å². The van der Waals surface area contributed by atoms with Crippen LogP contribution in [0, 0.1) is 0 Å². The topological polar surface area (TPSA) is 58.3 Å². The Labute approximate surface area is 72.2 Å². The molecule has 3 nitrogen and oxygen atoms in total. The van der Waals surface area contributed by atoms with Gasteiger partial charge in [-0.15, -0.1) is 0 Å². The van der Waals surface area contributed by atoms with Gasteiger partial charge in [-0.1, -0.05) is 30.3 Å². The van der Waals surface area contributed by atoms with Gasteiger partial charge in [0.1, 0.15) is 0 Å². The van der Waals surface area contributed by atoms with Crippen molar-refractivity contribution in [1.82, 2.24) is 5.43 Å². The lowest BCUT2D eigenvalue weighted by Gasteiger charge is -2.11. The van der Waals surface area contributed by atoms with Crippen molar-refractivity contribution < 1.29 is 5.11 Å². The van der Waals surface area contributed by atoms with Crippen LogP contribution in [-0.4, -0.2) is 17.8 Å². The summed E-state index contributed by atoms with van der Waals surface area (Å²) in [6.45, 7) is 0.0609. The smallest absolute Gasteiger partial charge is 0.0601 e. The molecule has 0 spiro atoms. The minimum Gasteiger partial charge on any atom is -0.395 e. The van der Waals surface area contributed by atoms with Gasteiger partial charge in [0.05, 0.1) is 6.61 Å². The number of aliphatic hydroxyl groups is 1. The Hall–Kier alpha value is -0.900. The van der Waals surface area contributed by atoms with E-state index in [1.807, 2.05) is 30.3 Å². The molecule has 0 radical (unpaired) electrons. The van der Waals surface area contributed by atoms with E-state index in [4.69, 9.17) is 10.9 Å². The van der Waals surface area contributed by atoms with Crippen molar-refractivity contribution in [2.45, 2.75) is 12.5 Å². The van der Waals surface area contributed by atoms with E-state index < -0.39 is 0 Å². The fraction of sp³-hybridized carbons (Fsp3) is 0.333. The highest BCUT2D eigenvalue weighted by Gasteiger charge is 2.04. The molecule has 0 aliphatic carbocycles. The molecule has 4 N–H and O–H groups in total. The van der Waals surface area contributed by atoms with Gasteiger partial charge in [0, 0.05) is 6.04 Å². The summed E-state index contributed by atoms with van der Waals surface area (Å²) >= 11 is 0. The predicted molar refractivity (Wildman–Crippen MR) is 48.3 cm³/mol. The maximum absolute atomic E-state index is 8.84. The SMILES string of the molecule is NN[C@H](CO)Cc1ccccc1. The first-order chi connectivity index (χ1) is 5.86. The summed E-state index contributed by atoms with van der Waals surface area (Å²) in [5.74, 6) is 5.22. The van der Waals surface area contributed by atoms with E-state index in [0.717, 1.165) is 6.42 Å². The summed E-state index contributed by atoms with van der Waals surface area (Å²) in [7, 11) is 0. The zero-order valence-corrected chi connectivity index (χ0v) is 6.90. The summed E-state index contributed by atoms with van der Waals surface area (Å²) in [5.41, 5.74) is 3.73. The van der Waals surface area contributed by atoms with E-state index in [0.29, 0.717) is 0 Å². The molecule has 1 aromatic carbocycles. The summed E-state index contributed by atoms with van der Waals surface area (Å²) < 4.78 is 0. The maximum Gasteiger partial charge on any atom is 0.0601 e. The van der Waals surface area contributed by atoms with Crippen LogP contribution in [0.4, 0.5) is 0 Å². The quantitative estimate of drug-likeness (QED) is 0.437. The summed E-state index contributed by atoms with van der Waals surface area (Å²) in [6.07, 6.45) is 0.758. The molecule has 0 bridgehead atoms. The number of aliphatic hydroxyl groups excluding tert-OH is 1. The zero-order chi connectivity index (χ0) is 8.81. The lowest BCUT2D eigenvalue weighted by Crippen LogP contribution is -2.39. The molecule has 0 aromatic heterocycles. The molecule has 66 valence electrons. The molecule has 0 amide bonds. The van der Waals surface area contributed by atoms with E-state index in [1.54, 1.807) is 0 Å². The summed E-state index contributed by atoms with van der Waals surface area (Å²) in [6, 6.07) is 9.89. The predicted octanol–water partition coefficient (Wildman–Crippen LogP) is 0.0533. The van der Waals surface area contributed by atoms with Crippen LogP contribution in [0.2, 0.25) is 0 Å². The standard InChI is InChI=1S/C9H14N2O/c10-11-9(7-12)6-8-4-2-1-3-5-8/h1-5,9,11-12H,6-7,10H2/t9-/m0/s1. The average Bonchev–Trinajstić information content (AvgIpc) is 2.16. The number of rotatable bonds is 4. The van der Waals surface area contributed by atoms with Gasteiger partial charge in [0.15, 0.2) is 0 Å². The van der Waals surface area contributed by atoms with Gasteiger partial charge in [-0.25, -0.2) is 0 Å². The number of hydrazine groups is 1. The molecule has 0 aliphatic rings. The monoisotopic (exact) mass is 166 g/mol. The van der Waals surface area contributed by atoms with Crippen molar-refractivity contribution in [2.75, 3.05) is 6.61 Å². The van der Waals surface area contributed by atoms with Gasteiger partial charge in [-0.2, -0.15) is 0 Å². The Balaban J connectivity index is 2.51. The molecule has 1 aromatic rings. The van der Waals surface area contributed by atoms with E-state index in [2.05, 4.69) is 5.43 Å². The van der Waals surface area contributed by atoms with Gasteiger partial charge in [0.2, 0.25) is 0 Å². The van der Waals surface area contributed by atoms with Crippen LogP contribution in [0.1, 0.15) is 5.56 Å². The first-order valence-electron chi connectivity index (χ1n) is 3.97. The van der Waals surface area contributed by atoms with Crippen molar-refractivity contribution >= 4 is 0 Å². The van der Waals surface area contributed by atoms with Crippen molar-refractivity contribution in [2.24, 2.45) is 5.84 Å². The number of hydrogen-bond donors (Lipinski definition) is 3. The van der Waals surface area contributed by atoms with Gasteiger partial charge < -0.3 is 5.11 Å². The van der Waals surface area contributed by atoms with Crippen molar-refractivity contribution in [3.63, 3.8) is 0 Å². The first kappa shape index (κ1) is 9.19. The van der Waals surface area contributed by atoms with Crippen molar-refractivity contribution in [3.05, 3.63) is 35.9 Å². The van der Waals surface area contributed by atoms with Crippen LogP contribution >= 0.6 is 0 Å². The molecule has 0 saturated heterocycles. The van der Waals surface area contributed by atoms with Gasteiger partial charge >= 0.3 is 0 Å². The minimum atomic E-state index is -0.0487. The van der Waals surface area contributed by atoms with Gasteiger partial charge in [0.25, 0.3) is 0 Å².